The van der Waals surface area contributed by atoms with Crippen LogP contribution in [0.5, 0.6) is 0 Å². The van der Waals surface area contributed by atoms with Gasteiger partial charge in [-0.1, -0.05) is 54.6 Å². The minimum Gasteiger partial charge on any atom is -0.373 e. The van der Waals surface area contributed by atoms with Crippen LogP contribution in [0.2, 0.25) is 0 Å². The standard InChI is InChI=1S/C24H27NO3/c1-24(2)25(22-20-11-7-6-10-17(20)14-21(22)28-24)23(26)18(13-19-15-27-19)12-16-8-4-3-5-9-16/h3-11,18-19,21-22H,12-15H2,1-2H3/t18-,19+,21-,22+/m1/s1. The average Bonchev–Trinajstić information content (AvgIpc) is 3.37. The number of carbonyl (C=O) groups is 1. The van der Waals surface area contributed by atoms with Crippen LogP contribution >= 0.6 is 0 Å². The van der Waals surface area contributed by atoms with Gasteiger partial charge in [-0.2, -0.15) is 0 Å². The van der Waals surface area contributed by atoms with Gasteiger partial charge in [0.1, 0.15) is 5.72 Å². The van der Waals surface area contributed by atoms with Crippen LogP contribution in [0, 0.1) is 5.92 Å². The second-order valence-electron chi connectivity index (χ2n) is 8.74. The third-order valence-electron chi connectivity index (χ3n) is 6.31. The van der Waals surface area contributed by atoms with Crippen molar-refractivity contribution in [2.24, 2.45) is 5.92 Å². The van der Waals surface area contributed by atoms with Crippen molar-refractivity contribution in [3.63, 3.8) is 0 Å². The molecule has 4 nitrogen and oxygen atoms in total. The molecule has 2 aliphatic heterocycles. The Balaban J connectivity index is 1.46. The number of amides is 1. The topological polar surface area (TPSA) is 42.1 Å². The van der Waals surface area contributed by atoms with E-state index in [0.29, 0.717) is 0 Å². The van der Waals surface area contributed by atoms with Crippen molar-refractivity contribution >= 4 is 5.91 Å². The molecule has 0 saturated carbocycles. The Kier molecular flexibility index (Phi) is 4.29. The van der Waals surface area contributed by atoms with Crippen LogP contribution < -0.4 is 0 Å². The molecule has 0 bridgehead atoms. The minimum absolute atomic E-state index is 0.0112. The van der Waals surface area contributed by atoms with Gasteiger partial charge in [-0.25, -0.2) is 0 Å². The highest BCUT2D eigenvalue weighted by molar-refractivity contribution is 5.81. The second-order valence-corrected chi connectivity index (χ2v) is 8.74. The molecule has 28 heavy (non-hydrogen) atoms. The van der Waals surface area contributed by atoms with E-state index in [4.69, 9.17) is 9.47 Å². The van der Waals surface area contributed by atoms with Gasteiger partial charge in [-0.3, -0.25) is 4.79 Å². The highest BCUT2D eigenvalue weighted by Crippen LogP contribution is 2.49. The summed E-state index contributed by atoms with van der Waals surface area (Å²) in [6, 6.07) is 18.8. The lowest BCUT2D eigenvalue weighted by Gasteiger charge is -2.36. The van der Waals surface area contributed by atoms with E-state index < -0.39 is 5.72 Å². The van der Waals surface area contributed by atoms with Crippen molar-refractivity contribution in [1.82, 2.24) is 4.90 Å². The van der Waals surface area contributed by atoms with Gasteiger partial charge < -0.3 is 14.4 Å². The van der Waals surface area contributed by atoms with Gasteiger partial charge in [0.15, 0.2) is 0 Å². The van der Waals surface area contributed by atoms with Crippen molar-refractivity contribution < 1.29 is 14.3 Å². The van der Waals surface area contributed by atoms with E-state index in [9.17, 15) is 4.79 Å². The summed E-state index contributed by atoms with van der Waals surface area (Å²) < 4.78 is 11.9. The zero-order valence-electron chi connectivity index (χ0n) is 16.5. The van der Waals surface area contributed by atoms with Crippen LogP contribution in [-0.2, 0) is 27.1 Å². The van der Waals surface area contributed by atoms with Crippen LogP contribution in [0.15, 0.2) is 54.6 Å². The lowest BCUT2D eigenvalue weighted by atomic mass is 9.91. The summed E-state index contributed by atoms with van der Waals surface area (Å²) in [6.07, 6.45) is 2.66. The first-order valence-electron chi connectivity index (χ1n) is 10.3. The number of epoxide rings is 1. The Labute approximate surface area is 166 Å². The lowest BCUT2D eigenvalue weighted by Crippen LogP contribution is -2.48. The Hall–Kier alpha value is -2.17. The molecule has 0 unspecified atom stereocenters. The van der Waals surface area contributed by atoms with Gasteiger partial charge in [0.05, 0.1) is 24.9 Å². The van der Waals surface area contributed by atoms with Gasteiger partial charge in [-0.05, 0) is 43.4 Å². The maximum absolute atomic E-state index is 13.9. The molecule has 4 atom stereocenters. The number of hydrogen-bond acceptors (Lipinski definition) is 3. The molecular weight excluding hydrogens is 350 g/mol. The fraction of sp³-hybridized carbons (Fsp3) is 0.458. The molecule has 0 spiro atoms. The van der Waals surface area contributed by atoms with Crippen molar-refractivity contribution in [3.8, 4) is 0 Å². The lowest BCUT2D eigenvalue weighted by molar-refractivity contribution is -0.152. The quantitative estimate of drug-likeness (QED) is 0.743. The molecule has 0 radical (unpaired) electrons. The van der Waals surface area contributed by atoms with Crippen LogP contribution in [0.4, 0.5) is 0 Å². The smallest absolute Gasteiger partial charge is 0.228 e. The number of carbonyl (C=O) groups excluding carboxylic acids is 1. The van der Waals surface area contributed by atoms with Crippen LogP contribution in [0.3, 0.4) is 0 Å². The molecule has 2 aromatic rings. The largest absolute Gasteiger partial charge is 0.373 e. The number of nitrogens with zero attached hydrogens (tertiary/aromatic N) is 1. The van der Waals surface area contributed by atoms with Gasteiger partial charge in [0, 0.05) is 12.3 Å². The molecule has 2 aromatic carbocycles. The number of fused-ring (bicyclic) bond motifs is 3. The molecule has 0 N–H and O–H groups in total. The summed E-state index contributed by atoms with van der Waals surface area (Å²) in [7, 11) is 0. The minimum atomic E-state index is -0.598. The first kappa shape index (κ1) is 17.9. The van der Waals surface area contributed by atoms with Crippen molar-refractivity contribution in [2.75, 3.05) is 6.61 Å². The molecule has 0 aromatic heterocycles. The Morgan fingerprint density at radius 2 is 1.86 bits per heavy atom. The Morgan fingerprint density at radius 3 is 2.61 bits per heavy atom. The van der Waals surface area contributed by atoms with Crippen molar-refractivity contribution in [3.05, 3.63) is 71.3 Å². The summed E-state index contributed by atoms with van der Waals surface area (Å²) in [6.45, 7) is 4.82. The van der Waals surface area contributed by atoms with Gasteiger partial charge in [0.25, 0.3) is 0 Å². The average molecular weight is 377 g/mol. The first-order chi connectivity index (χ1) is 13.5. The fourth-order valence-corrected chi connectivity index (χ4v) is 5.00. The van der Waals surface area contributed by atoms with Gasteiger partial charge in [-0.15, -0.1) is 0 Å². The molecule has 1 amide bonds. The Bertz CT molecular complexity index is 874. The zero-order chi connectivity index (χ0) is 19.3. The van der Waals surface area contributed by atoms with E-state index in [2.05, 4.69) is 36.4 Å². The predicted octanol–water partition coefficient (Wildman–Crippen LogP) is 3.90. The molecule has 146 valence electrons. The molecular formula is C24H27NO3. The van der Waals surface area contributed by atoms with Crippen LogP contribution in [0.1, 0.15) is 43.0 Å². The zero-order valence-corrected chi connectivity index (χ0v) is 16.5. The van der Waals surface area contributed by atoms with E-state index in [-0.39, 0.29) is 30.1 Å². The monoisotopic (exact) mass is 377 g/mol. The third kappa shape index (κ3) is 3.15. The molecule has 2 fully saturated rings. The van der Waals surface area contributed by atoms with Gasteiger partial charge in [0.2, 0.25) is 5.91 Å². The number of hydrogen-bond donors (Lipinski definition) is 0. The van der Waals surface area contributed by atoms with E-state index in [0.717, 1.165) is 25.9 Å². The fourth-order valence-electron chi connectivity index (χ4n) is 5.00. The summed E-state index contributed by atoms with van der Waals surface area (Å²) in [4.78, 5) is 15.9. The molecule has 4 heteroatoms. The molecule has 5 rings (SSSR count). The maximum atomic E-state index is 13.9. The van der Waals surface area contributed by atoms with E-state index in [1.165, 1.54) is 16.7 Å². The maximum Gasteiger partial charge on any atom is 0.228 e. The summed E-state index contributed by atoms with van der Waals surface area (Å²) >= 11 is 0. The van der Waals surface area contributed by atoms with Crippen LogP contribution in [-0.4, -0.2) is 35.3 Å². The predicted molar refractivity (Wildman–Crippen MR) is 107 cm³/mol. The molecule has 2 saturated heterocycles. The van der Waals surface area contributed by atoms with Crippen molar-refractivity contribution in [1.29, 1.82) is 0 Å². The highest BCUT2D eigenvalue weighted by atomic mass is 16.6. The van der Waals surface area contributed by atoms with E-state index >= 15 is 0 Å². The second kappa shape index (κ2) is 6.71. The van der Waals surface area contributed by atoms with Gasteiger partial charge >= 0.3 is 0 Å². The first-order valence-corrected chi connectivity index (χ1v) is 10.3. The summed E-state index contributed by atoms with van der Waals surface area (Å²) in [5.74, 6) is 0.0952. The highest BCUT2D eigenvalue weighted by Gasteiger charge is 2.54. The molecule has 2 heterocycles. The summed E-state index contributed by atoms with van der Waals surface area (Å²) in [5.41, 5.74) is 3.14. The third-order valence-corrected chi connectivity index (χ3v) is 6.31. The number of ether oxygens (including phenoxy) is 2. The summed E-state index contributed by atoms with van der Waals surface area (Å²) in [5, 5.41) is 0. The number of benzene rings is 2. The Morgan fingerprint density at radius 1 is 1.14 bits per heavy atom. The van der Waals surface area contributed by atoms with E-state index in [1.54, 1.807) is 0 Å². The number of rotatable bonds is 5. The van der Waals surface area contributed by atoms with Crippen LogP contribution in [0.25, 0.3) is 0 Å². The van der Waals surface area contributed by atoms with E-state index in [1.807, 2.05) is 36.9 Å². The SMILES string of the molecule is CC1(C)O[C@@H]2Cc3ccccc3[C@@H]2N1C(=O)[C@H](Cc1ccccc1)C[C@H]1CO1. The normalized spacial score (nSPS) is 27.9. The van der Waals surface area contributed by atoms with Crippen molar-refractivity contribution in [2.45, 2.75) is 57.1 Å². The molecule has 3 aliphatic rings. The molecule has 1 aliphatic carbocycles.